The van der Waals surface area contributed by atoms with E-state index < -0.39 is 0 Å². The molecule has 138 valence electrons. The molecule has 1 amide bonds. The normalized spacial score (nSPS) is 14.2. The molecular weight excluding hydrogens is 328 g/mol. The van der Waals surface area contributed by atoms with Gasteiger partial charge >= 0.3 is 0 Å². The van der Waals surface area contributed by atoms with Crippen LogP contribution in [-0.4, -0.2) is 50.7 Å². The number of ether oxygens (including phenoxy) is 2. The minimum Gasteiger partial charge on any atom is -0.497 e. The Morgan fingerprint density at radius 1 is 1.00 bits per heavy atom. The third kappa shape index (κ3) is 4.28. The monoisotopic (exact) mass is 354 g/mol. The zero-order valence-electron chi connectivity index (χ0n) is 15.5. The molecule has 0 N–H and O–H groups in total. The van der Waals surface area contributed by atoms with Gasteiger partial charge in [0.15, 0.2) is 6.61 Å². The van der Waals surface area contributed by atoms with E-state index in [1.165, 1.54) is 0 Å². The van der Waals surface area contributed by atoms with Crippen molar-refractivity contribution >= 4 is 11.6 Å². The number of anilines is 1. The molecule has 3 rings (SSSR count). The van der Waals surface area contributed by atoms with E-state index in [9.17, 15) is 4.79 Å². The summed E-state index contributed by atoms with van der Waals surface area (Å²) in [6.07, 6.45) is 0.894. The fourth-order valence-corrected chi connectivity index (χ4v) is 3.17. The lowest BCUT2D eigenvalue weighted by molar-refractivity contribution is -0.133. The molecule has 0 aliphatic carbocycles. The topological polar surface area (TPSA) is 42.0 Å². The van der Waals surface area contributed by atoms with Gasteiger partial charge in [-0.1, -0.05) is 25.1 Å². The highest BCUT2D eigenvalue weighted by molar-refractivity contribution is 5.78. The molecule has 5 nitrogen and oxygen atoms in total. The van der Waals surface area contributed by atoms with Crippen LogP contribution in [0.2, 0.25) is 0 Å². The van der Waals surface area contributed by atoms with Gasteiger partial charge in [-0.25, -0.2) is 0 Å². The highest BCUT2D eigenvalue weighted by atomic mass is 16.5. The molecule has 0 unspecified atom stereocenters. The van der Waals surface area contributed by atoms with Crippen molar-refractivity contribution in [3.63, 3.8) is 0 Å². The number of benzene rings is 2. The fourth-order valence-electron chi connectivity index (χ4n) is 3.17. The van der Waals surface area contributed by atoms with Crippen LogP contribution in [0.25, 0.3) is 0 Å². The summed E-state index contributed by atoms with van der Waals surface area (Å²) in [5.74, 6) is 1.71. The average Bonchev–Trinajstić information content (AvgIpc) is 2.72. The minimum atomic E-state index is 0.0466. The summed E-state index contributed by atoms with van der Waals surface area (Å²) in [5, 5.41) is 0. The van der Waals surface area contributed by atoms with Crippen molar-refractivity contribution in [2.45, 2.75) is 13.3 Å². The third-order valence-electron chi connectivity index (χ3n) is 4.77. The van der Waals surface area contributed by atoms with Crippen LogP contribution >= 0.6 is 0 Å². The van der Waals surface area contributed by atoms with E-state index in [1.54, 1.807) is 7.11 Å². The van der Waals surface area contributed by atoms with Crippen LogP contribution in [0.4, 0.5) is 5.69 Å². The fraction of sp³-hybridized carbons (Fsp3) is 0.381. The molecule has 2 aromatic rings. The van der Waals surface area contributed by atoms with Gasteiger partial charge in [-0.05, 0) is 42.3 Å². The number of amides is 1. The Morgan fingerprint density at radius 3 is 2.35 bits per heavy atom. The van der Waals surface area contributed by atoms with Gasteiger partial charge in [0.25, 0.3) is 5.91 Å². The van der Waals surface area contributed by atoms with Gasteiger partial charge in [-0.2, -0.15) is 0 Å². The SMILES string of the molecule is CCc1ccccc1OCC(=O)N1CCN(c2ccc(OC)cc2)CC1. The van der Waals surface area contributed by atoms with E-state index in [0.717, 1.165) is 42.3 Å². The summed E-state index contributed by atoms with van der Waals surface area (Å²) < 4.78 is 11.0. The lowest BCUT2D eigenvalue weighted by atomic mass is 10.1. The average molecular weight is 354 g/mol. The van der Waals surface area contributed by atoms with Crippen LogP contribution < -0.4 is 14.4 Å². The molecule has 5 heteroatoms. The van der Waals surface area contributed by atoms with Crippen molar-refractivity contribution in [2.24, 2.45) is 0 Å². The molecule has 26 heavy (non-hydrogen) atoms. The van der Waals surface area contributed by atoms with E-state index >= 15 is 0 Å². The van der Waals surface area contributed by atoms with Gasteiger partial charge in [-0.3, -0.25) is 4.79 Å². The molecule has 1 fully saturated rings. The number of hydrogen-bond acceptors (Lipinski definition) is 4. The summed E-state index contributed by atoms with van der Waals surface area (Å²) in [6.45, 7) is 5.25. The Morgan fingerprint density at radius 2 is 1.69 bits per heavy atom. The Kier molecular flexibility index (Phi) is 6.00. The van der Waals surface area contributed by atoms with Crippen LogP contribution in [-0.2, 0) is 11.2 Å². The van der Waals surface area contributed by atoms with Crippen LogP contribution in [0.15, 0.2) is 48.5 Å². The first-order valence-corrected chi connectivity index (χ1v) is 9.08. The molecule has 1 heterocycles. The van der Waals surface area contributed by atoms with Crippen molar-refractivity contribution in [3.05, 3.63) is 54.1 Å². The molecule has 0 bridgehead atoms. The summed E-state index contributed by atoms with van der Waals surface area (Å²) in [4.78, 5) is 16.6. The molecule has 0 spiro atoms. The Balaban J connectivity index is 1.50. The molecular formula is C21H26N2O3. The van der Waals surface area contributed by atoms with Crippen molar-refractivity contribution < 1.29 is 14.3 Å². The minimum absolute atomic E-state index is 0.0466. The number of carbonyl (C=O) groups is 1. The van der Waals surface area contributed by atoms with Gasteiger partial charge in [-0.15, -0.1) is 0 Å². The smallest absolute Gasteiger partial charge is 0.260 e. The maximum atomic E-state index is 12.5. The largest absolute Gasteiger partial charge is 0.497 e. The quantitative estimate of drug-likeness (QED) is 0.800. The first-order chi connectivity index (χ1) is 12.7. The predicted molar refractivity (Wildman–Crippen MR) is 103 cm³/mol. The van der Waals surface area contributed by atoms with Crippen LogP contribution in [0.5, 0.6) is 11.5 Å². The molecule has 1 saturated heterocycles. The summed E-state index contributed by atoms with van der Waals surface area (Å²) in [6, 6.07) is 15.9. The second-order valence-electron chi connectivity index (χ2n) is 6.32. The Hall–Kier alpha value is -2.69. The Bertz CT molecular complexity index is 722. The molecule has 1 aliphatic heterocycles. The lowest BCUT2D eigenvalue weighted by Crippen LogP contribution is -2.50. The van der Waals surface area contributed by atoms with Gasteiger partial charge in [0.1, 0.15) is 11.5 Å². The highest BCUT2D eigenvalue weighted by Crippen LogP contribution is 2.21. The Labute approximate surface area is 155 Å². The summed E-state index contributed by atoms with van der Waals surface area (Å²) in [7, 11) is 1.67. The number of para-hydroxylation sites is 1. The van der Waals surface area contributed by atoms with Gasteiger partial charge in [0.05, 0.1) is 7.11 Å². The summed E-state index contributed by atoms with van der Waals surface area (Å²) >= 11 is 0. The maximum Gasteiger partial charge on any atom is 0.260 e. The van der Waals surface area contributed by atoms with E-state index in [-0.39, 0.29) is 12.5 Å². The second kappa shape index (κ2) is 8.61. The number of nitrogens with zero attached hydrogens (tertiary/aromatic N) is 2. The van der Waals surface area contributed by atoms with E-state index in [4.69, 9.17) is 9.47 Å². The molecule has 0 saturated carbocycles. The van der Waals surface area contributed by atoms with Gasteiger partial charge in [0.2, 0.25) is 0 Å². The van der Waals surface area contributed by atoms with Gasteiger partial charge < -0.3 is 19.3 Å². The number of piperazine rings is 1. The maximum absolute atomic E-state index is 12.5. The summed E-state index contributed by atoms with van der Waals surface area (Å²) in [5.41, 5.74) is 2.29. The molecule has 0 atom stereocenters. The molecule has 0 radical (unpaired) electrons. The lowest BCUT2D eigenvalue weighted by Gasteiger charge is -2.36. The molecule has 2 aromatic carbocycles. The van der Waals surface area contributed by atoms with Crippen molar-refractivity contribution in [1.29, 1.82) is 0 Å². The van der Waals surface area contributed by atoms with Crippen molar-refractivity contribution in [1.82, 2.24) is 4.90 Å². The molecule has 1 aliphatic rings. The number of hydrogen-bond donors (Lipinski definition) is 0. The zero-order valence-corrected chi connectivity index (χ0v) is 15.5. The van der Waals surface area contributed by atoms with Crippen molar-refractivity contribution in [2.75, 3.05) is 44.8 Å². The van der Waals surface area contributed by atoms with Crippen molar-refractivity contribution in [3.8, 4) is 11.5 Å². The number of aryl methyl sites for hydroxylation is 1. The van der Waals surface area contributed by atoms with Gasteiger partial charge in [0, 0.05) is 31.9 Å². The predicted octanol–water partition coefficient (Wildman–Crippen LogP) is 2.99. The van der Waals surface area contributed by atoms with Crippen LogP contribution in [0.1, 0.15) is 12.5 Å². The molecule has 0 aromatic heterocycles. The third-order valence-corrected chi connectivity index (χ3v) is 4.77. The highest BCUT2D eigenvalue weighted by Gasteiger charge is 2.21. The first-order valence-electron chi connectivity index (χ1n) is 9.08. The van der Waals surface area contributed by atoms with E-state index in [0.29, 0.717) is 13.1 Å². The zero-order chi connectivity index (χ0) is 18.4. The van der Waals surface area contributed by atoms with E-state index in [1.807, 2.05) is 41.3 Å². The van der Waals surface area contributed by atoms with Crippen LogP contribution in [0.3, 0.4) is 0 Å². The standard InChI is InChI=1S/C21H26N2O3/c1-3-17-6-4-5-7-20(17)26-16-21(24)23-14-12-22(13-15-23)18-8-10-19(25-2)11-9-18/h4-11H,3,12-16H2,1-2H3. The number of rotatable bonds is 6. The van der Waals surface area contributed by atoms with Crippen LogP contribution in [0, 0.1) is 0 Å². The number of carbonyl (C=O) groups excluding carboxylic acids is 1. The second-order valence-corrected chi connectivity index (χ2v) is 6.32. The first kappa shape index (κ1) is 18.1. The van der Waals surface area contributed by atoms with E-state index in [2.05, 4.69) is 24.0 Å². The number of methoxy groups -OCH3 is 1.